The monoisotopic (exact) mass is 293 g/mol. The first-order valence-corrected chi connectivity index (χ1v) is 6.76. The first kappa shape index (κ1) is 13.1. The molecule has 1 nitrogen and oxygen atoms in total. The van der Waals surface area contributed by atoms with Crippen LogP contribution in [0.3, 0.4) is 0 Å². The molecule has 0 aliphatic rings. The summed E-state index contributed by atoms with van der Waals surface area (Å²) in [5, 5.41) is 0.879. The molecule has 0 amide bonds. The van der Waals surface area contributed by atoms with E-state index in [4.69, 9.17) is 5.73 Å². The summed E-state index contributed by atoms with van der Waals surface area (Å²) >= 11 is 1.34. The Morgan fingerprint density at radius 3 is 2.45 bits per heavy atom. The highest BCUT2D eigenvalue weighted by Crippen LogP contribution is 2.32. The summed E-state index contributed by atoms with van der Waals surface area (Å²) in [5.41, 5.74) is 6.55. The number of rotatable bonds is 2. The van der Waals surface area contributed by atoms with Crippen LogP contribution in [0.25, 0.3) is 10.1 Å². The predicted molar refractivity (Wildman–Crippen MR) is 74.2 cm³/mol. The number of nitrogens with two attached hydrogens (primary N) is 1. The molecule has 0 bridgehead atoms. The van der Waals surface area contributed by atoms with Crippen molar-refractivity contribution < 1.29 is 13.2 Å². The van der Waals surface area contributed by atoms with Gasteiger partial charge in [-0.3, -0.25) is 0 Å². The van der Waals surface area contributed by atoms with Crippen LogP contribution in [0.2, 0.25) is 0 Å². The quantitative estimate of drug-likeness (QED) is 0.746. The molecule has 0 aliphatic carbocycles. The van der Waals surface area contributed by atoms with Gasteiger partial charge in [0, 0.05) is 9.58 Å². The van der Waals surface area contributed by atoms with Crippen LogP contribution in [-0.4, -0.2) is 0 Å². The minimum atomic E-state index is -0.926. The third-order valence-corrected chi connectivity index (χ3v) is 4.29. The maximum absolute atomic E-state index is 13.2. The number of halogens is 3. The summed E-state index contributed by atoms with van der Waals surface area (Å²) in [4.78, 5) is 0.775. The minimum absolute atomic E-state index is 0.313. The zero-order valence-electron chi connectivity index (χ0n) is 10.2. The van der Waals surface area contributed by atoms with Crippen LogP contribution in [0.15, 0.2) is 42.5 Å². The molecule has 20 heavy (non-hydrogen) atoms. The summed E-state index contributed by atoms with van der Waals surface area (Å²) in [6, 6.07) is 9.35. The Hall–Kier alpha value is -1.85. The van der Waals surface area contributed by atoms with E-state index in [0.717, 1.165) is 27.1 Å². The molecule has 2 N–H and O–H groups in total. The SMILES string of the molecule is NC(c1ccc(F)c(F)c1)c1cc2ccc(F)cc2s1. The largest absolute Gasteiger partial charge is 0.320 e. The van der Waals surface area contributed by atoms with E-state index in [0.29, 0.717) is 5.56 Å². The Balaban J connectivity index is 2.02. The average molecular weight is 293 g/mol. The fraction of sp³-hybridized carbons (Fsp3) is 0.0667. The number of fused-ring (bicyclic) bond motifs is 1. The number of hydrogen-bond acceptors (Lipinski definition) is 2. The fourth-order valence-corrected chi connectivity index (χ4v) is 3.17. The zero-order valence-corrected chi connectivity index (χ0v) is 11.1. The lowest BCUT2D eigenvalue weighted by molar-refractivity contribution is 0.506. The lowest BCUT2D eigenvalue weighted by Crippen LogP contribution is -2.10. The van der Waals surface area contributed by atoms with Crippen molar-refractivity contribution in [1.29, 1.82) is 0 Å². The van der Waals surface area contributed by atoms with E-state index < -0.39 is 17.7 Å². The Morgan fingerprint density at radius 2 is 1.70 bits per heavy atom. The van der Waals surface area contributed by atoms with Gasteiger partial charge in [0.15, 0.2) is 11.6 Å². The van der Waals surface area contributed by atoms with Crippen molar-refractivity contribution in [3.05, 3.63) is 70.4 Å². The molecule has 2 aromatic carbocycles. The molecule has 3 rings (SSSR count). The molecule has 0 fully saturated rings. The molecule has 1 atom stereocenters. The fourth-order valence-electron chi connectivity index (χ4n) is 2.05. The van der Waals surface area contributed by atoms with Gasteiger partial charge < -0.3 is 5.73 Å². The summed E-state index contributed by atoms with van der Waals surface area (Å²) in [6.07, 6.45) is 0. The lowest BCUT2D eigenvalue weighted by atomic mass is 10.1. The van der Waals surface area contributed by atoms with Gasteiger partial charge in [0.1, 0.15) is 5.82 Å². The van der Waals surface area contributed by atoms with E-state index in [-0.39, 0.29) is 5.82 Å². The molecule has 5 heteroatoms. The van der Waals surface area contributed by atoms with Crippen molar-refractivity contribution in [2.45, 2.75) is 6.04 Å². The van der Waals surface area contributed by atoms with Gasteiger partial charge in [-0.2, -0.15) is 0 Å². The molecule has 1 aromatic heterocycles. The van der Waals surface area contributed by atoms with Crippen molar-refractivity contribution in [2.75, 3.05) is 0 Å². The molecule has 3 aromatic rings. The van der Waals surface area contributed by atoms with Crippen LogP contribution in [0.1, 0.15) is 16.5 Å². The molecule has 1 heterocycles. The Labute approximate surface area is 117 Å². The molecule has 0 saturated heterocycles. The van der Waals surface area contributed by atoms with Crippen LogP contribution in [0.4, 0.5) is 13.2 Å². The average Bonchev–Trinajstić information content (AvgIpc) is 2.84. The third-order valence-electron chi connectivity index (χ3n) is 3.11. The van der Waals surface area contributed by atoms with E-state index in [2.05, 4.69) is 0 Å². The molecule has 0 saturated carbocycles. The van der Waals surface area contributed by atoms with Crippen molar-refractivity contribution in [2.24, 2.45) is 5.73 Å². The van der Waals surface area contributed by atoms with Crippen LogP contribution >= 0.6 is 11.3 Å². The van der Waals surface area contributed by atoms with Gasteiger partial charge in [-0.05, 0) is 41.3 Å². The second-order valence-electron chi connectivity index (χ2n) is 4.48. The highest BCUT2D eigenvalue weighted by Gasteiger charge is 2.14. The predicted octanol–water partition coefficient (Wildman–Crippen LogP) is 4.37. The van der Waals surface area contributed by atoms with Crippen LogP contribution in [0, 0.1) is 17.5 Å². The molecular formula is C15H10F3NS. The second kappa shape index (κ2) is 4.92. The number of hydrogen-bond donors (Lipinski definition) is 1. The van der Waals surface area contributed by atoms with E-state index in [1.54, 1.807) is 6.07 Å². The highest BCUT2D eigenvalue weighted by molar-refractivity contribution is 7.19. The van der Waals surface area contributed by atoms with Crippen molar-refractivity contribution in [3.63, 3.8) is 0 Å². The van der Waals surface area contributed by atoms with Gasteiger partial charge in [-0.25, -0.2) is 13.2 Å². The van der Waals surface area contributed by atoms with Gasteiger partial charge in [0.25, 0.3) is 0 Å². The lowest BCUT2D eigenvalue weighted by Gasteiger charge is -2.09. The molecule has 102 valence electrons. The Bertz CT molecular complexity index is 782. The van der Waals surface area contributed by atoms with Gasteiger partial charge in [-0.15, -0.1) is 11.3 Å². The first-order valence-electron chi connectivity index (χ1n) is 5.94. The summed E-state index contributed by atoms with van der Waals surface area (Å²) < 4.78 is 40.1. The van der Waals surface area contributed by atoms with E-state index >= 15 is 0 Å². The van der Waals surface area contributed by atoms with Crippen LogP contribution in [0.5, 0.6) is 0 Å². The van der Waals surface area contributed by atoms with Crippen molar-refractivity contribution in [3.8, 4) is 0 Å². The van der Waals surface area contributed by atoms with Crippen molar-refractivity contribution >= 4 is 21.4 Å². The van der Waals surface area contributed by atoms with Gasteiger partial charge in [0.05, 0.1) is 6.04 Å². The summed E-state index contributed by atoms with van der Waals surface area (Å²) in [6.45, 7) is 0. The smallest absolute Gasteiger partial charge is 0.159 e. The Morgan fingerprint density at radius 1 is 0.900 bits per heavy atom. The normalized spacial score (nSPS) is 12.8. The summed E-state index contributed by atoms with van der Waals surface area (Å²) in [5.74, 6) is -2.14. The maximum Gasteiger partial charge on any atom is 0.159 e. The van der Waals surface area contributed by atoms with E-state index in [9.17, 15) is 13.2 Å². The van der Waals surface area contributed by atoms with Gasteiger partial charge in [-0.1, -0.05) is 12.1 Å². The Kier molecular flexibility index (Phi) is 3.23. The second-order valence-corrected chi connectivity index (χ2v) is 5.60. The number of benzene rings is 2. The van der Waals surface area contributed by atoms with Crippen LogP contribution in [-0.2, 0) is 0 Å². The molecule has 0 spiro atoms. The summed E-state index contributed by atoms with van der Waals surface area (Å²) in [7, 11) is 0. The minimum Gasteiger partial charge on any atom is -0.320 e. The number of thiophene rings is 1. The molecular weight excluding hydrogens is 283 g/mol. The first-order chi connectivity index (χ1) is 9.54. The maximum atomic E-state index is 13.2. The van der Waals surface area contributed by atoms with Crippen LogP contribution < -0.4 is 5.73 Å². The molecule has 1 unspecified atom stereocenters. The topological polar surface area (TPSA) is 26.0 Å². The van der Waals surface area contributed by atoms with E-state index in [1.165, 1.54) is 29.5 Å². The van der Waals surface area contributed by atoms with Gasteiger partial charge in [0.2, 0.25) is 0 Å². The molecule has 0 aliphatic heterocycles. The zero-order chi connectivity index (χ0) is 14.3. The molecule has 0 radical (unpaired) electrons. The van der Waals surface area contributed by atoms with E-state index in [1.807, 2.05) is 6.07 Å². The van der Waals surface area contributed by atoms with Crippen molar-refractivity contribution in [1.82, 2.24) is 0 Å². The standard InChI is InChI=1S/C15H10F3NS/c16-10-3-1-8-6-14(20-13(8)7-10)15(19)9-2-4-11(17)12(18)5-9/h1-7,15H,19H2. The third kappa shape index (κ3) is 2.30. The van der Waals surface area contributed by atoms with Gasteiger partial charge >= 0.3 is 0 Å². The highest BCUT2D eigenvalue weighted by atomic mass is 32.1.